The Morgan fingerprint density at radius 2 is 1.76 bits per heavy atom. The summed E-state index contributed by atoms with van der Waals surface area (Å²) in [5.74, 6) is 0.916. The predicted molar refractivity (Wildman–Crippen MR) is 138 cm³/mol. The first-order valence-electron chi connectivity index (χ1n) is 11.3. The Labute approximate surface area is 199 Å². The number of fused-ring (bicyclic) bond motifs is 1. The molecule has 170 valence electrons. The third-order valence-corrected chi connectivity index (χ3v) is 6.79. The summed E-state index contributed by atoms with van der Waals surface area (Å²) >= 11 is 1.68. The first kappa shape index (κ1) is 22.9. The molecule has 0 atom stereocenters. The van der Waals surface area contributed by atoms with Gasteiger partial charge in [0.2, 0.25) is 5.91 Å². The average Bonchev–Trinajstić information content (AvgIpc) is 3.15. The second-order valence-electron chi connectivity index (χ2n) is 8.58. The van der Waals surface area contributed by atoms with Crippen molar-refractivity contribution in [3.05, 3.63) is 76.9 Å². The molecular weight excluding hydrogens is 428 g/mol. The normalized spacial score (nSPS) is 11.2. The minimum Gasteiger partial charge on any atom is -0.369 e. The van der Waals surface area contributed by atoms with Gasteiger partial charge in [0, 0.05) is 36.0 Å². The lowest BCUT2D eigenvalue weighted by molar-refractivity contribution is -0.133. The molecule has 0 saturated carbocycles. The number of anilines is 1. The van der Waals surface area contributed by atoms with Crippen LogP contribution in [-0.4, -0.2) is 33.4 Å². The number of hydrogen-bond acceptors (Lipinski definition) is 5. The van der Waals surface area contributed by atoms with Crippen molar-refractivity contribution in [2.75, 3.05) is 11.9 Å². The van der Waals surface area contributed by atoms with E-state index in [-0.39, 0.29) is 11.9 Å². The lowest BCUT2D eigenvalue weighted by Crippen LogP contribution is -2.37. The third kappa shape index (κ3) is 5.22. The molecular formula is C27H30N4OS. The summed E-state index contributed by atoms with van der Waals surface area (Å²) < 4.78 is 0. The molecule has 4 aromatic rings. The van der Waals surface area contributed by atoms with Crippen LogP contribution in [0.3, 0.4) is 0 Å². The van der Waals surface area contributed by atoms with Gasteiger partial charge in [-0.15, -0.1) is 11.3 Å². The Hall–Kier alpha value is -3.25. The molecule has 33 heavy (non-hydrogen) atoms. The molecule has 0 aliphatic rings. The monoisotopic (exact) mass is 458 g/mol. The van der Waals surface area contributed by atoms with Crippen molar-refractivity contribution in [2.24, 2.45) is 0 Å². The Kier molecular flexibility index (Phi) is 7.04. The van der Waals surface area contributed by atoms with Crippen LogP contribution < -0.4 is 5.32 Å². The van der Waals surface area contributed by atoms with Crippen LogP contribution in [-0.2, 0) is 11.3 Å². The average molecular weight is 459 g/mol. The largest absolute Gasteiger partial charge is 0.369 e. The van der Waals surface area contributed by atoms with Crippen molar-refractivity contribution in [2.45, 2.75) is 46.7 Å². The molecule has 0 fully saturated rings. The Morgan fingerprint density at radius 3 is 2.45 bits per heavy atom. The number of thiophene rings is 1. The fourth-order valence-corrected chi connectivity index (χ4v) is 5.03. The van der Waals surface area contributed by atoms with Gasteiger partial charge < -0.3 is 10.2 Å². The molecule has 2 aromatic carbocycles. The van der Waals surface area contributed by atoms with Crippen LogP contribution in [0.25, 0.3) is 21.3 Å². The maximum absolute atomic E-state index is 13.0. The van der Waals surface area contributed by atoms with Crippen molar-refractivity contribution >= 4 is 33.3 Å². The number of nitrogens with one attached hydrogen (secondary N) is 1. The lowest BCUT2D eigenvalue weighted by atomic mass is 10.0. The van der Waals surface area contributed by atoms with E-state index in [1.54, 1.807) is 17.7 Å². The molecule has 6 heteroatoms. The molecule has 0 unspecified atom stereocenters. The van der Waals surface area contributed by atoms with Crippen LogP contribution in [0.1, 0.15) is 36.3 Å². The summed E-state index contributed by atoms with van der Waals surface area (Å²) in [6.45, 7) is 9.47. The summed E-state index contributed by atoms with van der Waals surface area (Å²) in [5.41, 5.74) is 4.69. The SMILES string of the molecule is Cc1ccc(-c2c(C)sc3ncnc(NCCC(=O)N(Cc4ccccc4)C(C)C)c23)cc1. The summed E-state index contributed by atoms with van der Waals surface area (Å²) in [4.78, 5) is 26.1. The molecule has 1 N–H and O–H groups in total. The Morgan fingerprint density at radius 1 is 1.03 bits per heavy atom. The van der Waals surface area contributed by atoms with Gasteiger partial charge in [-0.05, 0) is 38.8 Å². The van der Waals surface area contributed by atoms with Crippen molar-refractivity contribution < 1.29 is 4.79 Å². The van der Waals surface area contributed by atoms with Gasteiger partial charge in [0.05, 0.1) is 5.39 Å². The number of carbonyl (C=O) groups is 1. The molecule has 5 nitrogen and oxygen atoms in total. The van der Waals surface area contributed by atoms with Crippen molar-refractivity contribution in [1.29, 1.82) is 0 Å². The van der Waals surface area contributed by atoms with E-state index in [0.29, 0.717) is 19.5 Å². The smallest absolute Gasteiger partial charge is 0.224 e. The van der Waals surface area contributed by atoms with Crippen molar-refractivity contribution in [1.82, 2.24) is 14.9 Å². The van der Waals surface area contributed by atoms with Gasteiger partial charge in [-0.2, -0.15) is 0 Å². The molecule has 2 aromatic heterocycles. The lowest BCUT2D eigenvalue weighted by Gasteiger charge is -2.27. The Bertz CT molecular complexity index is 1230. The molecule has 2 heterocycles. The highest BCUT2D eigenvalue weighted by molar-refractivity contribution is 7.19. The molecule has 0 spiro atoms. The van der Waals surface area contributed by atoms with E-state index in [1.165, 1.54) is 10.4 Å². The summed E-state index contributed by atoms with van der Waals surface area (Å²) in [7, 11) is 0. The van der Waals surface area contributed by atoms with Crippen LogP contribution in [0.2, 0.25) is 0 Å². The Balaban J connectivity index is 1.51. The van der Waals surface area contributed by atoms with E-state index in [0.717, 1.165) is 32.7 Å². The van der Waals surface area contributed by atoms with Gasteiger partial charge in [0.15, 0.2) is 0 Å². The molecule has 0 saturated heterocycles. The first-order chi connectivity index (χ1) is 15.9. The maximum Gasteiger partial charge on any atom is 0.224 e. The molecule has 4 rings (SSSR count). The van der Waals surface area contributed by atoms with Crippen molar-refractivity contribution in [3.8, 4) is 11.1 Å². The van der Waals surface area contributed by atoms with E-state index < -0.39 is 0 Å². The van der Waals surface area contributed by atoms with E-state index >= 15 is 0 Å². The zero-order chi connectivity index (χ0) is 23.4. The van der Waals surface area contributed by atoms with Gasteiger partial charge in [0.1, 0.15) is 17.0 Å². The van der Waals surface area contributed by atoms with Gasteiger partial charge in [-0.3, -0.25) is 4.79 Å². The second-order valence-corrected chi connectivity index (χ2v) is 9.78. The standard InChI is InChI=1S/C27H30N4OS/c1-18(2)31(16-21-8-6-5-7-9-21)23(32)14-15-28-26-25-24(22-12-10-19(3)11-13-22)20(4)33-27(25)30-17-29-26/h5-13,17-18H,14-16H2,1-4H3,(H,28,29,30). The molecule has 0 aliphatic heterocycles. The topological polar surface area (TPSA) is 58.1 Å². The highest BCUT2D eigenvalue weighted by Gasteiger charge is 2.19. The van der Waals surface area contributed by atoms with E-state index in [2.05, 4.69) is 79.4 Å². The zero-order valence-corrected chi connectivity index (χ0v) is 20.4. The van der Waals surface area contributed by atoms with Crippen LogP contribution in [0.15, 0.2) is 60.9 Å². The van der Waals surface area contributed by atoms with Crippen LogP contribution in [0.4, 0.5) is 5.82 Å². The van der Waals surface area contributed by atoms with Crippen LogP contribution in [0, 0.1) is 13.8 Å². The highest BCUT2D eigenvalue weighted by Crippen LogP contribution is 2.40. The zero-order valence-electron chi connectivity index (χ0n) is 19.6. The quantitative estimate of drug-likeness (QED) is 0.341. The summed E-state index contributed by atoms with van der Waals surface area (Å²) in [5, 5.41) is 4.45. The number of carbonyl (C=O) groups excluding carboxylic acids is 1. The number of aryl methyl sites for hydroxylation is 2. The number of nitrogens with zero attached hydrogens (tertiary/aromatic N) is 3. The minimum absolute atomic E-state index is 0.131. The fourth-order valence-electron chi connectivity index (χ4n) is 4.02. The molecule has 1 amide bonds. The summed E-state index contributed by atoms with van der Waals surface area (Å²) in [6, 6.07) is 18.8. The van der Waals surface area contributed by atoms with Crippen molar-refractivity contribution in [3.63, 3.8) is 0 Å². The second kappa shape index (κ2) is 10.1. The number of rotatable bonds is 8. The molecule has 0 radical (unpaired) electrons. The minimum atomic E-state index is 0.131. The maximum atomic E-state index is 13.0. The predicted octanol–water partition coefficient (Wildman–Crippen LogP) is 6.21. The number of amides is 1. The number of aromatic nitrogens is 2. The fraction of sp³-hybridized carbons (Fsp3) is 0.296. The van der Waals surface area contributed by atoms with Gasteiger partial charge in [-0.1, -0.05) is 60.2 Å². The molecule has 0 aliphatic carbocycles. The van der Waals surface area contributed by atoms with E-state index in [4.69, 9.17) is 0 Å². The number of hydrogen-bond donors (Lipinski definition) is 1. The number of benzene rings is 2. The van der Waals surface area contributed by atoms with E-state index in [1.807, 2.05) is 23.1 Å². The molecule has 0 bridgehead atoms. The van der Waals surface area contributed by atoms with Gasteiger partial charge in [-0.25, -0.2) is 9.97 Å². The third-order valence-electron chi connectivity index (χ3n) is 5.78. The summed E-state index contributed by atoms with van der Waals surface area (Å²) in [6.07, 6.45) is 2.00. The van der Waals surface area contributed by atoms with Gasteiger partial charge >= 0.3 is 0 Å². The van der Waals surface area contributed by atoms with E-state index in [9.17, 15) is 4.79 Å². The van der Waals surface area contributed by atoms with Crippen LogP contribution in [0.5, 0.6) is 0 Å². The highest BCUT2D eigenvalue weighted by atomic mass is 32.1. The van der Waals surface area contributed by atoms with Crippen LogP contribution >= 0.6 is 11.3 Å². The first-order valence-corrected chi connectivity index (χ1v) is 12.1. The van der Waals surface area contributed by atoms with Gasteiger partial charge in [0.25, 0.3) is 0 Å².